The Morgan fingerprint density at radius 3 is 2.74 bits per heavy atom. The number of aryl methyl sites for hydroxylation is 1. The highest BCUT2D eigenvalue weighted by Gasteiger charge is 2.32. The van der Waals surface area contributed by atoms with Gasteiger partial charge in [0.1, 0.15) is 5.75 Å². The van der Waals surface area contributed by atoms with Crippen LogP contribution in [0.15, 0.2) is 18.2 Å². The molecule has 2 N–H and O–H groups in total. The Morgan fingerprint density at radius 1 is 1.42 bits per heavy atom. The normalized spacial score (nSPS) is 26.4. The maximum atomic E-state index is 12.3. The van der Waals surface area contributed by atoms with Gasteiger partial charge in [-0.15, -0.1) is 0 Å². The first kappa shape index (κ1) is 13.9. The molecule has 104 valence electrons. The first-order valence-corrected chi connectivity index (χ1v) is 7.13. The summed E-state index contributed by atoms with van der Waals surface area (Å²) in [7, 11) is 0. The van der Waals surface area contributed by atoms with Crippen LogP contribution in [0.25, 0.3) is 0 Å². The van der Waals surface area contributed by atoms with E-state index in [2.05, 4.69) is 19.2 Å². The molecule has 1 aliphatic carbocycles. The van der Waals surface area contributed by atoms with E-state index in [-0.39, 0.29) is 17.7 Å². The fourth-order valence-electron chi connectivity index (χ4n) is 3.18. The van der Waals surface area contributed by atoms with Crippen molar-refractivity contribution in [2.45, 2.75) is 46.1 Å². The van der Waals surface area contributed by atoms with Crippen LogP contribution in [0.3, 0.4) is 0 Å². The predicted octanol–water partition coefficient (Wildman–Crippen LogP) is 3.26. The maximum Gasteiger partial charge on any atom is 0.251 e. The standard InChI is InChI=1S/C16H23NO2/c1-4-12-5-8-15(11(12)3)17-16(19)14-7-6-13(18)9-10(14)2/h6-7,9,11-12,15,18H,4-5,8H2,1-3H3,(H,17,19). The molecular weight excluding hydrogens is 238 g/mol. The second-order valence-corrected chi connectivity index (χ2v) is 5.68. The summed E-state index contributed by atoms with van der Waals surface area (Å²) in [6.07, 6.45) is 3.46. The number of aromatic hydroxyl groups is 1. The molecule has 0 bridgehead atoms. The third-order valence-corrected chi connectivity index (χ3v) is 4.52. The highest BCUT2D eigenvalue weighted by atomic mass is 16.3. The molecule has 1 aromatic rings. The molecule has 0 aromatic heterocycles. The molecule has 1 fully saturated rings. The van der Waals surface area contributed by atoms with Crippen molar-refractivity contribution < 1.29 is 9.90 Å². The van der Waals surface area contributed by atoms with Crippen molar-refractivity contribution in [3.8, 4) is 5.75 Å². The Kier molecular flexibility index (Phi) is 4.13. The summed E-state index contributed by atoms with van der Waals surface area (Å²) in [4.78, 5) is 12.3. The maximum absolute atomic E-state index is 12.3. The van der Waals surface area contributed by atoms with Crippen LogP contribution in [0.2, 0.25) is 0 Å². The molecule has 0 radical (unpaired) electrons. The molecule has 3 atom stereocenters. The SMILES string of the molecule is CCC1CCC(NC(=O)c2ccc(O)cc2C)C1C. The number of carbonyl (C=O) groups is 1. The van der Waals surface area contributed by atoms with Crippen molar-refractivity contribution in [2.24, 2.45) is 11.8 Å². The lowest BCUT2D eigenvalue weighted by molar-refractivity contribution is 0.0926. The minimum Gasteiger partial charge on any atom is -0.508 e. The van der Waals surface area contributed by atoms with E-state index in [9.17, 15) is 9.90 Å². The molecule has 1 amide bonds. The number of benzene rings is 1. The van der Waals surface area contributed by atoms with Gasteiger partial charge in [0.05, 0.1) is 0 Å². The second-order valence-electron chi connectivity index (χ2n) is 5.68. The number of rotatable bonds is 3. The van der Waals surface area contributed by atoms with Crippen LogP contribution in [-0.2, 0) is 0 Å². The Bertz CT molecular complexity index is 470. The topological polar surface area (TPSA) is 49.3 Å². The number of phenols is 1. The zero-order valence-corrected chi connectivity index (χ0v) is 11.9. The average molecular weight is 261 g/mol. The van der Waals surface area contributed by atoms with E-state index in [1.165, 1.54) is 12.8 Å². The summed E-state index contributed by atoms with van der Waals surface area (Å²) in [5.41, 5.74) is 1.47. The van der Waals surface area contributed by atoms with E-state index in [0.717, 1.165) is 17.9 Å². The van der Waals surface area contributed by atoms with Crippen molar-refractivity contribution in [2.75, 3.05) is 0 Å². The lowest BCUT2D eigenvalue weighted by Gasteiger charge is -2.21. The van der Waals surface area contributed by atoms with Crippen LogP contribution in [0.5, 0.6) is 5.75 Å². The number of hydrogen-bond donors (Lipinski definition) is 2. The number of phenolic OH excluding ortho intramolecular Hbond substituents is 1. The number of hydrogen-bond acceptors (Lipinski definition) is 2. The number of nitrogens with one attached hydrogen (secondary N) is 1. The van der Waals surface area contributed by atoms with Gasteiger partial charge in [-0.05, 0) is 55.4 Å². The molecule has 3 unspecified atom stereocenters. The Hall–Kier alpha value is -1.51. The van der Waals surface area contributed by atoms with Gasteiger partial charge in [0, 0.05) is 11.6 Å². The predicted molar refractivity (Wildman–Crippen MR) is 76.3 cm³/mol. The lowest BCUT2D eigenvalue weighted by Crippen LogP contribution is -2.37. The van der Waals surface area contributed by atoms with Gasteiger partial charge in [0.2, 0.25) is 0 Å². The quantitative estimate of drug-likeness (QED) is 0.877. The zero-order valence-electron chi connectivity index (χ0n) is 11.9. The monoisotopic (exact) mass is 261 g/mol. The van der Waals surface area contributed by atoms with Crippen LogP contribution in [0, 0.1) is 18.8 Å². The van der Waals surface area contributed by atoms with Crippen molar-refractivity contribution in [1.82, 2.24) is 5.32 Å². The molecule has 0 saturated heterocycles. The lowest BCUT2D eigenvalue weighted by atomic mass is 9.93. The van der Waals surface area contributed by atoms with Crippen LogP contribution in [-0.4, -0.2) is 17.1 Å². The summed E-state index contributed by atoms with van der Waals surface area (Å²) in [5, 5.41) is 12.5. The van der Waals surface area contributed by atoms with Crippen LogP contribution in [0.4, 0.5) is 0 Å². The average Bonchev–Trinajstić information content (AvgIpc) is 2.70. The molecule has 1 aromatic carbocycles. The fraction of sp³-hybridized carbons (Fsp3) is 0.562. The highest BCUT2D eigenvalue weighted by Crippen LogP contribution is 2.34. The molecular formula is C16H23NO2. The van der Waals surface area contributed by atoms with Gasteiger partial charge in [0.25, 0.3) is 5.91 Å². The van der Waals surface area contributed by atoms with Crippen molar-refractivity contribution >= 4 is 5.91 Å². The van der Waals surface area contributed by atoms with E-state index >= 15 is 0 Å². The first-order chi connectivity index (χ1) is 9.02. The minimum atomic E-state index is -0.0221. The summed E-state index contributed by atoms with van der Waals surface area (Å²) < 4.78 is 0. The van der Waals surface area contributed by atoms with Gasteiger partial charge in [-0.25, -0.2) is 0 Å². The Balaban J connectivity index is 2.05. The Labute approximate surface area is 115 Å². The van der Waals surface area contributed by atoms with Gasteiger partial charge < -0.3 is 10.4 Å². The van der Waals surface area contributed by atoms with E-state index < -0.39 is 0 Å². The minimum absolute atomic E-state index is 0.0221. The molecule has 3 heteroatoms. The smallest absolute Gasteiger partial charge is 0.251 e. The molecule has 1 saturated carbocycles. The van der Waals surface area contributed by atoms with Crippen molar-refractivity contribution in [1.29, 1.82) is 0 Å². The third kappa shape index (κ3) is 2.91. The van der Waals surface area contributed by atoms with E-state index in [1.807, 2.05) is 6.92 Å². The molecule has 3 nitrogen and oxygen atoms in total. The number of carbonyl (C=O) groups excluding carboxylic acids is 1. The van der Waals surface area contributed by atoms with Gasteiger partial charge in [0.15, 0.2) is 0 Å². The summed E-state index contributed by atoms with van der Waals surface area (Å²) in [6.45, 7) is 6.30. The fourth-order valence-corrected chi connectivity index (χ4v) is 3.18. The molecule has 19 heavy (non-hydrogen) atoms. The third-order valence-electron chi connectivity index (χ3n) is 4.52. The van der Waals surface area contributed by atoms with Gasteiger partial charge in [-0.1, -0.05) is 20.3 Å². The van der Waals surface area contributed by atoms with E-state index in [4.69, 9.17) is 0 Å². The van der Waals surface area contributed by atoms with Crippen LogP contribution in [0.1, 0.15) is 49.0 Å². The molecule has 0 spiro atoms. The first-order valence-electron chi connectivity index (χ1n) is 7.13. The molecule has 0 heterocycles. The van der Waals surface area contributed by atoms with Crippen molar-refractivity contribution in [3.05, 3.63) is 29.3 Å². The largest absolute Gasteiger partial charge is 0.508 e. The van der Waals surface area contributed by atoms with Gasteiger partial charge >= 0.3 is 0 Å². The van der Waals surface area contributed by atoms with Crippen molar-refractivity contribution in [3.63, 3.8) is 0 Å². The second kappa shape index (κ2) is 5.64. The van der Waals surface area contributed by atoms with E-state index in [1.54, 1.807) is 18.2 Å². The van der Waals surface area contributed by atoms with E-state index in [0.29, 0.717) is 11.5 Å². The van der Waals surface area contributed by atoms with Crippen LogP contribution >= 0.6 is 0 Å². The number of amides is 1. The molecule has 2 rings (SSSR count). The summed E-state index contributed by atoms with van der Waals surface area (Å²) in [6, 6.07) is 5.17. The van der Waals surface area contributed by atoms with Crippen LogP contribution < -0.4 is 5.32 Å². The zero-order chi connectivity index (χ0) is 14.0. The molecule has 1 aliphatic rings. The summed E-state index contributed by atoms with van der Waals surface area (Å²) >= 11 is 0. The van der Waals surface area contributed by atoms with Gasteiger partial charge in [-0.2, -0.15) is 0 Å². The van der Waals surface area contributed by atoms with Gasteiger partial charge in [-0.3, -0.25) is 4.79 Å². The highest BCUT2D eigenvalue weighted by molar-refractivity contribution is 5.96. The summed E-state index contributed by atoms with van der Waals surface area (Å²) in [5.74, 6) is 1.46. The Morgan fingerprint density at radius 2 is 2.16 bits per heavy atom. The molecule has 0 aliphatic heterocycles.